The summed E-state index contributed by atoms with van der Waals surface area (Å²) in [5.41, 5.74) is 1.12. The molecular formula is C11H15BrN2. The number of pyridine rings is 1. The average molecular weight is 255 g/mol. The van der Waals surface area contributed by atoms with Gasteiger partial charge in [-0.1, -0.05) is 13.3 Å². The minimum Gasteiger partial charge on any atom is -0.381 e. The molecule has 0 radical (unpaired) electrons. The van der Waals surface area contributed by atoms with Gasteiger partial charge in [0, 0.05) is 16.7 Å². The Morgan fingerprint density at radius 1 is 1.50 bits per heavy atom. The highest BCUT2D eigenvalue weighted by molar-refractivity contribution is 9.10. The van der Waals surface area contributed by atoms with Crippen LogP contribution >= 0.6 is 15.9 Å². The molecule has 1 aromatic rings. The monoisotopic (exact) mass is 254 g/mol. The molecule has 1 aromatic heterocycles. The van der Waals surface area contributed by atoms with E-state index in [4.69, 9.17) is 0 Å². The summed E-state index contributed by atoms with van der Waals surface area (Å²) in [6.07, 6.45) is 7.62. The van der Waals surface area contributed by atoms with Crippen LogP contribution in [0.15, 0.2) is 22.9 Å². The van der Waals surface area contributed by atoms with E-state index in [2.05, 4.69) is 39.2 Å². The van der Waals surface area contributed by atoms with Crippen molar-refractivity contribution in [3.63, 3.8) is 0 Å². The maximum atomic E-state index is 4.13. The minimum atomic E-state index is 0.663. The third-order valence-electron chi connectivity index (χ3n) is 2.89. The highest BCUT2D eigenvalue weighted by Gasteiger charge is 2.27. The molecule has 0 aliphatic heterocycles. The van der Waals surface area contributed by atoms with Gasteiger partial charge in [-0.15, -0.1) is 0 Å². The Kier molecular flexibility index (Phi) is 3.06. The molecule has 3 heteroatoms. The van der Waals surface area contributed by atoms with Crippen molar-refractivity contribution in [3.8, 4) is 0 Å². The summed E-state index contributed by atoms with van der Waals surface area (Å²) < 4.78 is 1.04. The van der Waals surface area contributed by atoms with Crippen molar-refractivity contribution in [2.75, 3.05) is 5.32 Å². The normalized spacial score (nSPS) is 25.6. The molecule has 0 amide bonds. The highest BCUT2D eigenvalue weighted by Crippen LogP contribution is 2.32. The lowest BCUT2D eigenvalue weighted by molar-refractivity contribution is 0.275. The molecule has 2 rings (SSSR count). The zero-order valence-corrected chi connectivity index (χ0v) is 9.92. The van der Waals surface area contributed by atoms with Crippen molar-refractivity contribution in [1.82, 2.24) is 4.98 Å². The molecule has 0 saturated heterocycles. The number of anilines is 1. The van der Waals surface area contributed by atoms with Gasteiger partial charge >= 0.3 is 0 Å². The second-order valence-corrected chi connectivity index (χ2v) is 4.89. The van der Waals surface area contributed by atoms with Crippen LogP contribution in [0, 0.1) is 5.92 Å². The summed E-state index contributed by atoms with van der Waals surface area (Å²) in [7, 11) is 0. The van der Waals surface area contributed by atoms with E-state index in [-0.39, 0.29) is 0 Å². The largest absolute Gasteiger partial charge is 0.381 e. The summed E-state index contributed by atoms with van der Waals surface area (Å²) in [6.45, 7) is 2.27. The SMILES string of the molecule is CCC1CC(Nc2cncc(Br)c2)C1. The molecule has 76 valence electrons. The van der Waals surface area contributed by atoms with Crippen molar-refractivity contribution < 1.29 is 0 Å². The van der Waals surface area contributed by atoms with Crippen molar-refractivity contribution >= 4 is 21.6 Å². The first-order valence-electron chi connectivity index (χ1n) is 5.15. The van der Waals surface area contributed by atoms with E-state index in [1.165, 1.54) is 19.3 Å². The number of nitrogens with one attached hydrogen (secondary N) is 1. The third-order valence-corrected chi connectivity index (χ3v) is 3.32. The molecule has 0 spiro atoms. The summed E-state index contributed by atoms with van der Waals surface area (Å²) in [4.78, 5) is 4.13. The van der Waals surface area contributed by atoms with Gasteiger partial charge < -0.3 is 5.32 Å². The molecule has 1 aliphatic rings. The van der Waals surface area contributed by atoms with Gasteiger partial charge in [-0.25, -0.2) is 0 Å². The minimum absolute atomic E-state index is 0.663. The second-order valence-electron chi connectivity index (χ2n) is 3.98. The molecule has 0 bridgehead atoms. The summed E-state index contributed by atoms with van der Waals surface area (Å²) in [6, 6.07) is 2.74. The number of aromatic nitrogens is 1. The topological polar surface area (TPSA) is 24.9 Å². The van der Waals surface area contributed by atoms with Crippen LogP contribution in [0.1, 0.15) is 26.2 Å². The Morgan fingerprint density at radius 2 is 2.29 bits per heavy atom. The maximum Gasteiger partial charge on any atom is 0.0540 e. The molecule has 0 atom stereocenters. The molecule has 14 heavy (non-hydrogen) atoms. The Balaban J connectivity index is 1.87. The summed E-state index contributed by atoms with van der Waals surface area (Å²) >= 11 is 3.42. The molecule has 1 heterocycles. The number of halogens is 1. The smallest absolute Gasteiger partial charge is 0.0540 e. The first-order chi connectivity index (χ1) is 6.78. The maximum absolute atomic E-state index is 4.13. The van der Waals surface area contributed by atoms with Gasteiger partial charge in [0.05, 0.1) is 11.9 Å². The van der Waals surface area contributed by atoms with Gasteiger partial charge in [0.1, 0.15) is 0 Å². The van der Waals surface area contributed by atoms with E-state index in [0.717, 1.165) is 16.1 Å². The predicted octanol–water partition coefficient (Wildman–Crippen LogP) is 3.44. The standard InChI is InChI=1S/C11H15BrN2/c1-2-8-3-10(4-8)14-11-5-9(12)6-13-7-11/h5-8,10,14H,2-4H2,1H3. The Labute approximate surface area is 93.3 Å². The van der Waals surface area contributed by atoms with Crippen LogP contribution in [0.2, 0.25) is 0 Å². The molecule has 1 aliphatic carbocycles. The van der Waals surface area contributed by atoms with Gasteiger partial charge in [0.15, 0.2) is 0 Å². The second kappa shape index (κ2) is 4.30. The van der Waals surface area contributed by atoms with Gasteiger partial charge in [-0.05, 0) is 40.8 Å². The third kappa shape index (κ3) is 2.27. The van der Waals surface area contributed by atoms with Gasteiger partial charge in [0.2, 0.25) is 0 Å². The van der Waals surface area contributed by atoms with Gasteiger partial charge in [-0.2, -0.15) is 0 Å². The first-order valence-corrected chi connectivity index (χ1v) is 5.94. The fourth-order valence-electron chi connectivity index (χ4n) is 1.91. The average Bonchev–Trinajstić information content (AvgIpc) is 2.10. The van der Waals surface area contributed by atoms with E-state index in [1.807, 2.05) is 6.20 Å². The summed E-state index contributed by atoms with van der Waals surface area (Å²) in [5.74, 6) is 0.938. The fraction of sp³-hybridized carbons (Fsp3) is 0.545. The van der Waals surface area contributed by atoms with E-state index < -0.39 is 0 Å². The van der Waals surface area contributed by atoms with Crippen molar-refractivity contribution in [3.05, 3.63) is 22.9 Å². The van der Waals surface area contributed by atoms with Crippen LogP contribution in [0.3, 0.4) is 0 Å². The van der Waals surface area contributed by atoms with Crippen molar-refractivity contribution in [2.24, 2.45) is 5.92 Å². The number of hydrogen-bond donors (Lipinski definition) is 1. The lowest BCUT2D eigenvalue weighted by Gasteiger charge is -2.35. The number of nitrogens with zero attached hydrogens (tertiary/aromatic N) is 1. The quantitative estimate of drug-likeness (QED) is 0.894. The van der Waals surface area contributed by atoms with Crippen LogP contribution in [0.25, 0.3) is 0 Å². The van der Waals surface area contributed by atoms with Crippen LogP contribution in [0.4, 0.5) is 5.69 Å². The van der Waals surface area contributed by atoms with Crippen LogP contribution in [-0.2, 0) is 0 Å². The van der Waals surface area contributed by atoms with Crippen LogP contribution in [0.5, 0.6) is 0 Å². The van der Waals surface area contributed by atoms with E-state index >= 15 is 0 Å². The zero-order chi connectivity index (χ0) is 9.97. The van der Waals surface area contributed by atoms with E-state index in [0.29, 0.717) is 6.04 Å². The highest BCUT2D eigenvalue weighted by atomic mass is 79.9. The predicted molar refractivity (Wildman–Crippen MR) is 62.4 cm³/mol. The molecule has 1 N–H and O–H groups in total. The lowest BCUT2D eigenvalue weighted by atomic mass is 9.78. The molecule has 2 nitrogen and oxygen atoms in total. The molecular weight excluding hydrogens is 240 g/mol. The van der Waals surface area contributed by atoms with Crippen LogP contribution < -0.4 is 5.32 Å². The Morgan fingerprint density at radius 3 is 2.93 bits per heavy atom. The number of rotatable bonds is 3. The summed E-state index contributed by atoms with van der Waals surface area (Å²) in [5, 5.41) is 3.49. The number of hydrogen-bond acceptors (Lipinski definition) is 2. The van der Waals surface area contributed by atoms with E-state index in [1.54, 1.807) is 6.20 Å². The van der Waals surface area contributed by atoms with Crippen LogP contribution in [-0.4, -0.2) is 11.0 Å². The van der Waals surface area contributed by atoms with Gasteiger partial charge in [0.25, 0.3) is 0 Å². The van der Waals surface area contributed by atoms with Crippen molar-refractivity contribution in [1.29, 1.82) is 0 Å². The van der Waals surface area contributed by atoms with E-state index in [9.17, 15) is 0 Å². The Bertz CT molecular complexity index is 308. The molecule has 0 unspecified atom stereocenters. The van der Waals surface area contributed by atoms with Crippen molar-refractivity contribution in [2.45, 2.75) is 32.2 Å². The zero-order valence-electron chi connectivity index (χ0n) is 8.33. The lowest BCUT2D eigenvalue weighted by Crippen LogP contribution is -2.34. The molecule has 0 aromatic carbocycles. The fourth-order valence-corrected chi connectivity index (χ4v) is 2.28. The first kappa shape index (κ1) is 9.97. The molecule has 1 saturated carbocycles. The molecule has 1 fully saturated rings. The Hall–Kier alpha value is -0.570. The van der Waals surface area contributed by atoms with Gasteiger partial charge in [-0.3, -0.25) is 4.98 Å².